The van der Waals surface area contributed by atoms with E-state index in [9.17, 15) is 0 Å². The summed E-state index contributed by atoms with van der Waals surface area (Å²) >= 11 is 2.29. The number of rotatable bonds is 5. The molecule has 1 aliphatic heterocycles. The van der Waals surface area contributed by atoms with Crippen molar-refractivity contribution in [3.8, 4) is 0 Å². The smallest absolute Gasteiger partial charge is 0.172 e. The molecule has 20 heavy (non-hydrogen) atoms. The van der Waals surface area contributed by atoms with Gasteiger partial charge in [-0.1, -0.05) is 12.1 Å². The van der Waals surface area contributed by atoms with Crippen LogP contribution in [0.25, 0.3) is 11.0 Å². The minimum absolute atomic E-state index is 0.0161. The molecule has 0 amide bonds. The maximum absolute atomic E-state index is 5.77. The molecule has 0 spiro atoms. The topological polar surface area (TPSA) is 36.3 Å². The summed E-state index contributed by atoms with van der Waals surface area (Å²) in [7, 11) is 0. The number of aryl methyl sites for hydroxylation is 1. The molecular weight excluding hydrogens is 367 g/mol. The van der Waals surface area contributed by atoms with E-state index in [1.807, 2.05) is 6.07 Å². The molecule has 5 heteroatoms. The molecule has 1 fully saturated rings. The van der Waals surface area contributed by atoms with Gasteiger partial charge in [-0.2, -0.15) is 0 Å². The first-order chi connectivity index (χ1) is 9.84. The third kappa shape index (κ3) is 3.32. The molecule has 2 heterocycles. The highest BCUT2D eigenvalue weighted by Gasteiger charge is 2.13. The third-order valence-electron chi connectivity index (χ3n) is 3.58. The van der Waals surface area contributed by atoms with E-state index in [-0.39, 0.29) is 6.29 Å². The molecule has 1 aliphatic rings. The monoisotopic (exact) mass is 386 g/mol. The van der Waals surface area contributed by atoms with Crippen molar-refractivity contribution in [2.75, 3.05) is 13.2 Å². The van der Waals surface area contributed by atoms with Crippen LogP contribution in [0.2, 0.25) is 0 Å². The van der Waals surface area contributed by atoms with Crippen LogP contribution in [0.5, 0.6) is 0 Å². The van der Waals surface area contributed by atoms with Gasteiger partial charge in [0, 0.05) is 13.2 Å². The molecule has 0 saturated carbocycles. The highest BCUT2D eigenvalue weighted by atomic mass is 127. The Morgan fingerprint density at radius 3 is 3.10 bits per heavy atom. The molecule has 1 aromatic heterocycles. The summed E-state index contributed by atoms with van der Waals surface area (Å²) < 4.78 is 14.6. The van der Waals surface area contributed by atoms with Crippen molar-refractivity contribution in [3.05, 3.63) is 28.1 Å². The van der Waals surface area contributed by atoms with Crippen LogP contribution in [0, 0.1) is 3.83 Å². The van der Waals surface area contributed by atoms with Crippen LogP contribution >= 0.6 is 22.6 Å². The first kappa shape index (κ1) is 14.3. The summed E-state index contributed by atoms with van der Waals surface area (Å²) in [5.74, 6) is 0. The van der Waals surface area contributed by atoms with Crippen molar-refractivity contribution >= 4 is 33.6 Å². The van der Waals surface area contributed by atoms with Gasteiger partial charge in [0.2, 0.25) is 0 Å². The Labute approximate surface area is 132 Å². The number of hydrogen-bond donors (Lipinski definition) is 0. The molecule has 2 aromatic rings. The van der Waals surface area contributed by atoms with E-state index in [2.05, 4.69) is 50.3 Å². The first-order valence-electron chi connectivity index (χ1n) is 7.18. The molecule has 0 aliphatic carbocycles. The van der Waals surface area contributed by atoms with Crippen molar-refractivity contribution in [2.24, 2.45) is 0 Å². The van der Waals surface area contributed by atoms with Gasteiger partial charge in [0.05, 0.1) is 17.6 Å². The van der Waals surface area contributed by atoms with E-state index in [4.69, 9.17) is 9.47 Å². The predicted octanol–water partition coefficient (Wildman–Crippen LogP) is 3.57. The number of benzene rings is 1. The first-order valence-corrected chi connectivity index (χ1v) is 8.26. The number of nitrogens with zero attached hydrogens (tertiary/aromatic N) is 2. The molecule has 0 bridgehead atoms. The molecule has 1 saturated heterocycles. The van der Waals surface area contributed by atoms with Crippen molar-refractivity contribution < 1.29 is 9.47 Å². The van der Waals surface area contributed by atoms with Gasteiger partial charge in [-0.3, -0.25) is 0 Å². The number of para-hydroxylation sites is 2. The van der Waals surface area contributed by atoms with Crippen LogP contribution in [-0.4, -0.2) is 29.1 Å². The Hall–Kier alpha value is -0.660. The van der Waals surface area contributed by atoms with Crippen molar-refractivity contribution in [3.63, 3.8) is 0 Å². The average Bonchev–Trinajstić information content (AvgIpc) is 2.80. The fraction of sp³-hybridized carbons (Fsp3) is 0.533. The Morgan fingerprint density at radius 1 is 1.35 bits per heavy atom. The zero-order valence-electron chi connectivity index (χ0n) is 11.4. The highest BCUT2D eigenvalue weighted by Crippen LogP contribution is 2.18. The van der Waals surface area contributed by atoms with Gasteiger partial charge in [0.15, 0.2) is 10.1 Å². The van der Waals surface area contributed by atoms with E-state index in [0.717, 1.165) is 41.9 Å². The number of hydrogen-bond acceptors (Lipinski definition) is 3. The van der Waals surface area contributed by atoms with E-state index in [1.165, 1.54) is 18.4 Å². The van der Waals surface area contributed by atoms with Gasteiger partial charge in [-0.15, -0.1) is 0 Å². The summed E-state index contributed by atoms with van der Waals surface area (Å²) in [4.78, 5) is 4.57. The Kier molecular flexibility index (Phi) is 4.90. The maximum Gasteiger partial charge on any atom is 0.172 e. The van der Waals surface area contributed by atoms with E-state index < -0.39 is 0 Å². The summed E-state index contributed by atoms with van der Waals surface area (Å²) in [5, 5.41) is 0. The number of aromatic nitrogens is 2. The fourth-order valence-corrected chi connectivity index (χ4v) is 3.30. The van der Waals surface area contributed by atoms with Crippen LogP contribution in [0.3, 0.4) is 0 Å². The van der Waals surface area contributed by atoms with Crippen molar-refractivity contribution in [1.82, 2.24) is 9.55 Å². The molecule has 1 unspecified atom stereocenters. The van der Waals surface area contributed by atoms with Gasteiger partial charge in [-0.25, -0.2) is 4.98 Å². The molecule has 4 nitrogen and oxygen atoms in total. The molecule has 1 aromatic carbocycles. The SMILES string of the molecule is Ic1nc2ccccc2n1CCCOC1CCCCO1. The van der Waals surface area contributed by atoms with Crippen LogP contribution in [-0.2, 0) is 16.0 Å². The lowest BCUT2D eigenvalue weighted by molar-refractivity contribution is -0.162. The Balaban J connectivity index is 1.53. The van der Waals surface area contributed by atoms with Crippen LogP contribution < -0.4 is 0 Å². The van der Waals surface area contributed by atoms with E-state index in [1.54, 1.807) is 0 Å². The van der Waals surface area contributed by atoms with Crippen LogP contribution in [0.15, 0.2) is 24.3 Å². The quantitative estimate of drug-likeness (QED) is 0.582. The van der Waals surface area contributed by atoms with E-state index >= 15 is 0 Å². The molecule has 108 valence electrons. The molecule has 0 radical (unpaired) electrons. The normalized spacial score (nSPS) is 19.6. The van der Waals surface area contributed by atoms with Gasteiger partial charge >= 0.3 is 0 Å². The van der Waals surface area contributed by atoms with Crippen molar-refractivity contribution in [2.45, 2.75) is 38.5 Å². The standard InChI is InChI=1S/C15H19IN2O2/c16-15-17-12-6-1-2-7-13(12)18(15)9-5-11-20-14-8-3-4-10-19-14/h1-2,6-7,14H,3-5,8-11H2. The zero-order valence-corrected chi connectivity index (χ0v) is 13.6. The minimum atomic E-state index is 0.0161. The Bertz CT molecular complexity index is 564. The Morgan fingerprint density at radius 2 is 2.25 bits per heavy atom. The van der Waals surface area contributed by atoms with E-state index in [0.29, 0.717) is 0 Å². The summed E-state index contributed by atoms with van der Waals surface area (Å²) in [6, 6.07) is 8.26. The lowest BCUT2D eigenvalue weighted by Gasteiger charge is -2.22. The molecule has 0 N–H and O–H groups in total. The number of ether oxygens (including phenoxy) is 2. The number of halogens is 1. The predicted molar refractivity (Wildman–Crippen MR) is 86.6 cm³/mol. The number of fused-ring (bicyclic) bond motifs is 1. The maximum atomic E-state index is 5.77. The van der Waals surface area contributed by atoms with Crippen LogP contribution in [0.1, 0.15) is 25.7 Å². The second-order valence-electron chi connectivity index (χ2n) is 5.04. The summed E-state index contributed by atoms with van der Waals surface area (Å²) in [5.41, 5.74) is 2.26. The molecule has 3 rings (SSSR count). The van der Waals surface area contributed by atoms with Gasteiger partial charge in [0.25, 0.3) is 0 Å². The molecule has 1 atom stereocenters. The lowest BCUT2D eigenvalue weighted by atomic mass is 10.2. The minimum Gasteiger partial charge on any atom is -0.353 e. The van der Waals surface area contributed by atoms with Gasteiger partial charge in [-0.05, 0) is 60.4 Å². The largest absolute Gasteiger partial charge is 0.353 e. The molecular formula is C15H19IN2O2. The van der Waals surface area contributed by atoms with Gasteiger partial charge < -0.3 is 14.0 Å². The third-order valence-corrected chi connectivity index (χ3v) is 4.40. The average molecular weight is 386 g/mol. The summed E-state index contributed by atoms with van der Waals surface area (Å²) in [6.07, 6.45) is 4.41. The zero-order chi connectivity index (χ0) is 13.8. The fourth-order valence-electron chi connectivity index (χ4n) is 2.54. The summed E-state index contributed by atoms with van der Waals surface area (Å²) in [6.45, 7) is 2.52. The van der Waals surface area contributed by atoms with Crippen molar-refractivity contribution in [1.29, 1.82) is 0 Å². The lowest BCUT2D eigenvalue weighted by Crippen LogP contribution is -2.23. The highest BCUT2D eigenvalue weighted by molar-refractivity contribution is 14.1. The van der Waals surface area contributed by atoms with Gasteiger partial charge in [0.1, 0.15) is 0 Å². The second-order valence-corrected chi connectivity index (χ2v) is 6.01. The second kappa shape index (κ2) is 6.87. The number of imidazole rings is 1. The van der Waals surface area contributed by atoms with Crippen LogP contribution in [0.4, 0.5) is 0 Å².